The van der Waals surface area contributed by atoms with E-state index in [2.05, 4.69) is 156 Å². The van der Waals surface area contributed by atoms with Crippen LogP contribution in [0.4, 0.5) is 0 Å². The molecule has 0 bridgehead atoms. The summed E-state index contributed by atoms with van der Waals surface area (Å²) >= 11 is 0. The molecule has 0 atom stereocenters. The molecule has 5 aromatic carbocycles. The first kappa shape index (κ1) is 23.1. The Balaban J connectivity index is 1.28. The van der Waals surface area contributed by atoms with Crippen LogP contribution in [0.3, 0.4) is 0 Å². The van der Waals surface area contributed by atoms with Crippen molar-refractivity contribution < 1.29 is 0 Å². The van der Waals surface area contributed by atoms with Crippen molar-refractivity contribution in [3.8, 4) is 22.5 Å². The van der Waals surface area contributed by atoms with Gasteiger partial charge in [-0.2, -0.15) is 0 Å². The van der Waals surface area contributed by atoms with E-state index in [9.17, 15) is 0 Å². The van der Waals surface area contributed by atoms with Crippen LogP contribution in [-0.4, -0.2) is 9.13 Å². The Morgan fingerprint density at radius 2 is 0.949 bits per heavy atom. The molecule has 0 saturated carbocycles. The lowest BCUT2D eigenvalue weighted by Crippen LogP contribution is -1.97. The third-order valence-corrected chi connectivity index (χ3v) is 7.65. The largest absolute Gasteiger partial charge is 0.309 e. The van der Waals surface area contributed by atoms with Gasteiger partial charge in [-0.05, 0) is 66.6 Å². The SMILES string of the molecule is C=Cc1c(/C=C\C)n(-c2ccc(-c3ccc(-n4c5ccccc5c5ccccc54)cc3)cc2)c2ccccc12. The summed E-state index contributed by atoms with van der Waals surface area (Å²) in [6, 6.07) is 43.5. The van der Waals surface area contributed by atoms with Gasteiger partial charge in [0.25, 0.3) is 0 Å². The maximum Gasteiger partial charge on any atom is 0.0541 e. The third kappa shape index (κ3) is 3.65. The third-order valence-electron chi connectivity index (χ3n) is 7.65. The van der Waals surface area contributed by atoms with Crippen LogP contribution in [0.15, 0.2) is 134 Å². The average Bonchev–Trinajstić information content (AvgIpc) is 3.50. The summed E-state index contributed by atoms with van der Waals surface area (Å²) in [4.78, 5) is 0. The zero-order valence-electron chi connectivity index (χ0n) is 21.9. The van der Waals surface area contributed by atoms with Crippen LogP contribution >= 0.6 is 0 Å². The Morgan fingerprint density at radius 1 is 0.513 bits per heavy atom. The number of hydrogen-bond donors (Lipinski definition) is 0. The summed E-state index contributed by atoms with van der Waals surface area (Å²) in [5, 5.41) is 3.77. The molecule has 0 spiro atoms. The van der Waals surface area contributed by atoms with E-state index in [1.807, 2.05) is 6.08 Å². The maximum atomic E-state index is 4.09. The quantitative estimate of drug-likeness (QED) is 0.222. The number of allylic oxidation sites excluding steroid dienone is 1. The summed E-state index contributed by atoms with van der Waals surface area (Å²) in [7, 11) is 0. The molecule has 0 fully saturated rings. The highest BCUT2D eigenvalue weighted by Gasteiger charge is 2.15. The minimum atomic E-state index is 1.14. The number of nitrogens with zero attached hydrogens (tertiary/aromatic N) is 2. The molecule has 2 nitrogen and oxygen atoms in total. The highest BCUT2D eigenvalue weighted by atomic mass is 15.0. The van der Waals surface area contributed by atoms with Crippen molar-refractivity contribution in [1.29, 1.82) is 0 Å². The van der Waals surface area contributed by atoms with E-state index in [0.717, 1.165) is 16.9 Å². The van der Waals surface area contributed by atoms with Gasteiger partial charge in [-0.1, -0.05) is 97.6 Å². The molecule has 7 aromatic rings. The number of fused-ring (bicyclic) bond motifs is 4. The summed E-state index contributed by atoms with van der Waals surface area (Å²) in [5.41, 5.74) is 10.6. The molecule has 0 aliphatic heterocycles. The van der Waals surface area contributed by atoms with E-state index in [1.54, 1.807) is 0 Å². The van der Waals surface area contributed by atoms with Gasteiger partial charge in [0.15, 0.2) is 0 Å². The van der Waals surface area contributed by atoms with E-state index in [4.69, 9.17) is 0 Å². The fourth-order valence-corrected chi connectivity index (χ4v) is 5.91. The summed E-state index contributed by atoms with van der Waals surface area (Å²) in [5.74, 6) is 0. The molecule has 2 aromatic heterocycles. The van der Waals surface area contributed by atoms with Gasteiger partial charge in [0.05, 0.1) is 22.2 Å². The molecule has 0 aliphatic rings. The highest BCUT2D eigenvalue weighted by molar-refractivity contribution is 6.09. The molecule has 0 saturated heterocycles. The van der Waals surface area contributed by atoms with E-state index >= 15 is 0 Å². The fraction of sp³-hybridized carbons (Fsp3) is 0.0270. The number of rotatable bonds is 5. The molecule has 0 aliphatic carbocycles. The Labute approximate surface area is 228 Å². The zero-order chi connectivity index (χ0) is 26.3. The Bertz CT molecular complexity index is 1960. The van der Waals surface area contributed by atoms with E-state index < -0.39 is 0 Å². The van der Waals surface area contributed by atoms with Gasteiger partial charge in [0, 0.05) is 33.1 Å². The van der Waals surface area contributed by atoms with Crippen molar-refractivity contribution in [3.63, 3.8) is 0 Å². The van der Waals surface area contributed by atoms with Gasteiger partial charge < -0.3 is 9.13 Å². The van der Waals surface area contributed by atoms with Crippen molar-refractivity contribution in [2.75, 3.05) is 0 Å². The second-order valence-electron chi connectivity index (χ2n) is 9.82. The van der Waals surface area contributed by atoms with Gasteiger partial charge in [-0.25, -0.2) is 0 Å². The maximum absolute atomic E-state index is 4.09. The minimum absolute atomic E-state index is 1.14. The molecular weight excluding hydrogens is 472 g/mol. The zero-order valence-corrected chi connectivity index (χ0v) is 21.9. The predicted octanol–water partition coefficient (Wildman–Crippen LogP) is 10.1. The van der Waals surface area contributed by atoms with E-state index in [0.29, 0.717) is 0 Å². The number of aromatic nitrogens is 2. The van der Waals surface area contributed by atoms with Crippen molar-refractivity contribution in [1.82, 2.24) is 9.13 Å². The normalized spacial score (nSPS) is 11.7. The molecule has 186 valence electrons. The van der Waals surface area contributed by atoms with E-state index in [-0.39, 0.29) is 0 Å². The molecule has 0 N–H and O–H groups in total. The highest BCUT2D eigenvalue weighted by Crippen LogP contribution is 2.34. The lowest BCUT2D eigenvalue weighted by Gasteiger charge is -2.12. The molecular formula is C37H28N2. The molecule has 0 amide bonds. The Hall–Kier alpha value is -5.08. The van der Waals surface area contributed by atoms with Gasteiger partial charge in [0.2, 0.25) is 0 Å². The van der Waals surface area contributed by atoms with Crippen molar-refractivity contribution >= 4 is 44.9 Å². The number of benzene rings is 5. The summed E-state index contributed by atoms with van der Waals surface area (Å²) < 4.78 is 4.68. The van der Waals surface area contributed by atoms with Crippen molar-refractivity contribution in [2.45, 2.75) is 6.92 Å². The van der Waals surface area contributed by atoms with Crippen LogP contribution in [0.1, 0.15) is 18.2 Å². The van der Waals surface area contributed by atoms with Crippen molar-refractivity contribution in [2.24, 2.45) is 0 Å². The topological polar surface area (TPSA) is 9.86 Å². The Kier molecular flexibility index (Phi) is 5.53. The second-order valence-corrected chi connectivity index (χ2v) is 9.82. The standard InChI is InChI=1S/C37H28N2/c1-3-11-34-30(4-2)31-12-5-8-15-35(31)38(34)28-22-18-26(19-23-28)27-20-24-29(25-21-27)39-36-16-9-6-13-32(36)33-14-7-10-17-37(33)39/h3-25H,2H2,1H3/b11-3-. The van der Waals surface area contributed by atoms with Gasteiger partial charge in [-0.3, -0.25) is 0 Å². The van der Waals surface area contributed by atoms with Crippen LogP contribution in [0.2, 0.25) is 0 Å². The van der Waals surface area contributed by atoms with Crippen LogP contribution in [-0.2, 0) is 0 Å². The smallest absolute Gasteiger partial charge is 0.0541 e. The van der Waals surface area contributed by atoms with Crippen molar-refractivity contribution in [3.05, 3.63) is 145 Å². The average molecular weight is 501 g/mol. The molecule has 0 radical (unpaired) electrons. The van der Waals surface area contributed by atoms with Gasteiger partial charge in [0.1, 0.15) is 0 Å². The molecule has 2 heteroatoms. The van der Waals surface area contributed by atoms with Crippen LogP contribution in [0, 0.1) is 0 Å². The first-order valence-corrected chi connectivity index (χ1v) is 13.4. The lowest BCUT2D eigenvalue weighted by atomic mass is 10.0. The molecule has 2 heterocycles. The molecule has 0 unspecified atom stereocenters. The van der Waals surface area contributed by atoms with Crippen LogP contribution in [0.25, 0.3) is 67.4 Å². The lowest BCUT2D eigenvalue weighted by molar-refractivity contribution is 1.10. The monoisotopic (exact) mass is 500 g/mol. The number of para-hydroxylation sites is 3. The number of hydrogen-bond acceptors (Lipinski definition) is 0. The van der Waals surface area contributed by atoms with Gasteiger partial charge in [-0.15, -0.1) is 0 Å². The first-order valence-electron chi connectivity index (χ1n) is 13.4. The minimum Gasteiger partial charge on any atom is -0.309 e. The van der Waals surface area contributed by atoms with E-state index in [1.165, 1.54) is 49.5 Å². The second kappa shape index (κ2) is 9.34. The summed E-state index contributed by atoms with van der Waals surface area (Å²) in [6.07, 6.45) is 6.21. The summed E-state index contributed by atoms with van der Waals surface area (Å²) in [6.45, 7) is 6.15. The molecule has 39 heavy (non-hydrogen) atoms. The fourth-order valence-electron chi connectivity index (χ4n) is 5.91. The molecule has 7 rings (SSSR count). The van der Waals surface area contributed by atoms with Crippen LogP contribution in [0.5, 0.6) is 0 Å². The first-order chi connectivity index (χ1) is 19.3. The van der Waals surface area contributed by atoms with Crippen LogP contribution < -0.4 is 0 Å². The van der Waals surface area contributed by atoms with Gasteiger partial charge >= 0.3 is 0 Å². The predicted molar refractivity (Wildman–Crippen MR) is 168 cm³/mol. The Morgan fingerprint density at radius 3 is 1.44 bits per heavy atom.